The van der Waals surface area contributed by atoms with Crippen LogP contribution in [-0.2, 0) is 7.05 Å². The van der Waals surface area contributed by atoms with Gasteiger partial charge in [0.1, 0.15) is 12.9 Å². The number of hydrogen-bond acceptors (Lipinski definition) is 2. The van der Waals surface area contributed by atoms with Crippen LogP contribution < -0.4 is 9.47 Å². The summed E-state index contributed by atoms with van der Waals surface area (Å²) in [6.45, 7) is 0. The number of fused-ring (bicyclic) bond motifs is 2. The van der Waals surface area contributed by atoms with E-state index in [1.165, 1.54) is 22.2 Å². The summed E-state index contributed by atoms with van der Waals surface area (Å²) in [6.07, 6.45) is 4.33. The number of nitrogens with one attached hydrogen (secondary N) is 1. The first-order valence-electron chi connectivity index (χ1n) is 10.4. The number of pyridine rings is 1. The van der Waals surface area contributed by atoms with E-state index in [2.05, 4.69) is 108 Å². The second-order valence-corrected chi connectivity index (χ2v) is 7.98. The van der Waals surface area contributed by atoms with Gasteiger partial charge in [0, 0.05) is 43.6 Å². The lowest BCUT2D eigenvalue weighted by Gasteiger charge is -2.11. The number of aromatic amines is 1. The van der Waals surface area contributed by atoms with Crippen molar-refractivity contribution in [3.05, 3.63) is 90.1 Å². The highest BCUT2D eigenvalue weighted by Crippen LogP contribution is 2.28. The molecule has 0 saturated heterocycles. The topological polar surface area (TPSA) is 35.8 Å². The number of nitrogens with zero attached hydrogens (tertiary/aromatic N) is 3. The van der Waals surface area contributed by atoms with E-state index in [-0.39, 0.29) is 0 Å². The maximum atomic E-state index is 4.85. The minimum atomic E-state index is 0.892. The Balaban J connectivity index is 1.62. The third kappa shape index (κ3) is 3.57. The Hall–Kier alpha value is -3.92. The molecule has 31 heavy (non-hydrogen) atoms. The van der Waals surface area contributed by atoms with Gasteiger partial charge in [-0.05, 0) is 42.0 Å². The molecule has 0 aliphatic heterocycles. The summed E-state index contributed by atoms with van der Waals surface area (Å²) in [5.74, 6) is 0.892. The Morgan fingerprint density at radius 3 is 2.39 bits per heavy atom. The summed E-state index contributed by atoms with van der Waals surface area (Å²) in [5, 5.41) is 1.18. The molecular formula is C27H25N4+. The fraction of sp³-hybridized carbons (Fsp3) is 0.111. The van der Waals surface area contributed by atoms with Gasteiger partial charge in [0.2, 0.25) is 11.2 Å². The summed E-state index contributed by atoms with van der Waals surface area (Å²) < 4.78 is 2.23. The number of rotatable bonds is 4. The molecule has 0 spiro atoms. The fourth-order valence-electron chi connectivity index (χ4n) is 3.96. The molecular weight excluding hydrogens is 380 g/mol. The highest BCUT2D eigenvalue weighted by atomic mass is 15.1. The van der Waals surface area contributed by atoms with Gasteiger partial charge in [0.15, 0.2) is 0 Å². The SMILES string of the molecule is CN(C)c1ccc(/C=C/c2cc(-c3nc4ccccc4[nH]3)c3ccccc3[n+]2C)cc1. The van der Waals surface area contributed by atoms with Crippen molar-refractivity contribution in [2.45, 2.75) is 0 Å². The second-order valence-electron chi connectivity index (χ2n) is 7.98. The van der Waals surface area contributed by atoms with Gasteiger partial charge in [-0.1, -0.05) is 36.4 Å². The number of anilines is 1. The van der Waals surface area contributed by atoms with Crippen molar-refractivity contribution in [1.82, 2.24) is 9.97 Å². The first kappa shape index (κ1) is 19.1. The number of benzene rings is 3. The highest BCUT2D eigenvalue weighted by molar-refractivity contribution is 5.94. The molecule has 0 radical (unpaired) electrons. The zero-order valence-electron chi connectivity index (χ0n) is 18.0. The molecule has 5 aromatic rings. The van der Waals surface area contributed by atoms with E-state index in [0.29, 0.717) is 0 Å². The minimum Gasteiger partial charge on any atom is -0.378 e. The monoisotopic (exact) mass is 405 g/mol. The quantitative estimate of drug-likeness (QED) is 0.404. The Morgan fingerprint density at radius 1 is 0.871 bits per heavy atom. The van der Waals surface area contributed by atoms with Crippen LogP contribution in [0.4, 0.5) is 5.69 Å². The van der Waals surface area contributed by atoms with Gasteiger partial charge in [-0.15, -0.1) is 0 Å². The predicted molar refractivity (Wildman–Crippen MR) is 130 cm³/mol. The van der Waals surface area contributed by atoms with Crippen molar-refractivity contribution >= 4 is 39.8 Å². The van der Waals surface area contributed by atoms with Crippen molar-refractivity contribution in [3.8, 4) is 11.4 Å². The lowest BCUT2D eigenvalue weighted by Crippen LogP contribution is -2.33. The fourth-order valence-corrected chi connectivity index (χ4v) is 3.96. The molecule has 0 aliphatic rings. The van der Waals surface area contributed by atoms with Gasteiger partial charge in [-0.3, -0.25) is 0 Å². The second kappa shape index (κ2) is 7.73. The number of H-pyrrole nitrogens is 1. The number of aryl methyl sites for hydroxylation is 1. The van der Waals surface area contributed by atoms with E-state index in [1.807, 2.05) is 18.2 Å². The van der Waals surface area contributed by atoms with Gasteiger partial charge in [-0.25, -0.2) is 4.98 Å². The zero-order valence-corrected chi connectivity index (χ0v) is 18.0. The van der Waals surface area contributed by atoms with Gasteiger partial charge < -0.3 is 9.88 Å². The molecule has 0 aliphatic carbocycles. The van der Waals surface area contributed by atoms with Crippen molar-refractivity contribution < 1.29 is 4.57 Å². The van der Waals surface area contributed by atoms with Crippen LogP contribution in [0.1, 0.15) is 11.3 Å². The number of imidazole rings is 1. The van der Waals surface area contributed by atoms with E-state index in [1.54, 1.807) is 0 Å². The normalized spacial score (nSPS) is 11.6. The molecule has 0 unspecified atom stereocenters. The van der Waals surface area contributed by atoms with E-state index < -0.39 is 0 Å². The molecule has 0 fully saturated rings. The van der Waals surface area contributed by atoms with Crippen LogP contribution >= 0.6 is 0 Å². The standard InChI is InChI=1S/C27H24N4/c1-30(2)20-15-12-19(13-16-20)14-17-21-18-23(22-8-4-7-11-26(22)31(21)3)27-28-24-9-5-6-10-25(24)29-27/h4-18H,1-3H3/p+1/b17-14+. The lowest BCUT2D eigenvalue weighted by molar-refractivity contribution is -0.646. The molecule has 0 amide bonds. The van der Waals surface area contributed by atoms with Gasteiger partial charge in [0.05, 0.1) is 16.4 Å². The molecule has 4 heteroatoms. The Morgan fingerprint density at radius 2 is 1.61 bits per heavy atom. The smallest absolute Gasteiger partial charge is 0.213 e. The van der Waals surface area contributed by atoms with E-state index in [0.717, 1.165) is 28.1 Å². The van der Waals surface area contributed by atoms with Crippen LogP contribution in [0.3, 0.4) is 0 Å². The average Bonchev–Trinajstić information content (AvgIpc) is 3.23. The van der Waals surface area contributed by atoms with Crippen molar-refractivity contribution in [2.75, 3.05) is 19.0 Å². The van der Waals surface area contributed by atoms with Crippen LogP contribution in [0.15, 0.2) is 78.9 Å². The summed E-state index contributed by atoms with van der Waals surface area (Å²) in [7, 11) is 6.22. The first-order chi connectivity index (χ1) is 15.1. The highest BCUT2D eigenvalue weighted by Gasteiger charge is 2.17. The van der Waals surface area contributed by atoms with Gasteiger partial charge in [-0.2, -0.15) is 4.57 Å². The molecule has 5 rings (SSSR count). The Kier molecular flexibility index (Phi) is 4.75. The molecule has 2 aromatic heterocycles. The molecule has 4 nitrogen and oxygen atoms in total. The average molecular weight is 406 g/mol. The molecule has 3 aromatic carbocycles. The molecule has 2 heterocycles. The molecule has 152 valence electrons. The van der Waals surface area contributed by atoms with E-state index in [4.69, 9.17) is 4.98 Å². The molecule has 1 N–H and O–H groups in total. The van der Waals surface area contributed by atoms with Crippen molar-refractivity contribution in [2.24, 2.45) is 7.05 Å². The van der Waals surface area contributed by atoms with Crippen LogP contribution in [0.5, 0.6) is 0 Å². The van der Waals surface area contributed by atoms with Crippen LogP contribution in [0.25, 0.3) is 45.5 Å². The Bertz CT molecular complexity index is 1380. The third-order valence-electron chi connectivity index (χ3n) is 5.74. The van der Waals surface area contributed by atoms with Gasteiger partial charge in [0.25, 0.3) is 0 Å². The largest absolute Gasteiger partial charge is 0.378 e. The van der Waals surface area contributed by atoms with E-state index in [9.17, 15) is 0 Å². The van der Waals surface area contributed by atoms with Gasteiger partial charge >= 0.3 is 0 Å². The zero-order chi connectivity index (χ0) is 21.4. The Labute approximate surface area is 182 Å². The maximum absolute atomic E-state index is 4.85. The maximum Gasteiger partial charge on any atom is 0.213 e. The predicted octanol–water partition coefficient (Wildman–Crippen LogP) is 5.44. The van der Waals surface area contributed by atoms with Crippen molar-refractivity contribution in [1.29, 1.82) is 0 Å². The first-order valence-corrected chi connectivity index (χ1v) is 10.4. The van der Waals surface area contributed by atoms with E-state index >= 15 is 0 Å². The summed E-state index contributed by atoms with van der Waals surface area (Å²) in [4.78, 5) is 10.5. The van der Waals surface area contributed by atoms with Crippen LogP contribution in [0.2, 0.25) is 0 Å². The minimum absolute atomic E-state index is 0.892. The lowest BCUT2D eigenvalue weighted by atomic mass is 10.1. The number of para-hydroxylation sites is 3. The van der Waals surface area contributed by atoms with Crippen molar-refractivity contribution in [3.63, 3.8) is 0 Å². The van der Waals surface area contributed by atoms with Crippen LogP contribution in [0, 0.1) is 0 Å². The third-order valence-corrected chi connectivity index (χ3v) is 5.74. The molecule has 0 atom stereocenters. The summed E-state index contributed by atoms with van der Waals surface area (Å²) in [5.41, 5.74) is 7.78. The molecule has 0 bridgehead atoms. The summed E-state index contributed by atoms with van der Waals surface area (Å²) in [6, 6.07) is 27.4. The number of hydrogen-bond donors (Lipinski definition) is 1. The molecule has 0 saturated carbocycles. The summed E-state index contributed by atoms with van der Waals surface area (Å²) >= 11 is 0. The van der Waals surface area contributed by atoms with Crippen LogP contribution in [-0.4, -0.2) is 24.1 Å². The number of aromatic nitrogens is 3.